The number of benzene rings is 1. The fourth-order valence-electron chi connectivity index (χ4n) is 3.05. The van der Waals surface area contributed by atoms with Crippen LogP contribution < -0.4 is 5.32 Å². The lowest BCUT2D eigenvalue weighted by Gasteiger charge is -2.18. The minimum absolute atomic E-state index is 0.0507. The molecular formula is C21H26N4O2S. The van der Waals surface area contributed by atoms with Crippen LogP contribution in [0.4, 0.5) is 5.69 Å². The van der Waals surface area contributed by atoms with Gasteiger partial charge in [0.25, 0.3) is 0 Å². The molecule has 0 radical (unpaired) electrons. The molecule has 0 saturated carbocycles. The highest BCUT2D eigenvalue weighted by Crippen LogP contribution is 2.30. The Morgan fingerprint density at radius 2 is 1.93 bits per heavy atom. The third kappa shape index (κ3) is 3.99. The van der Waals surface area contributed by atoms with E-state index in [0.29, 0.717) is 11.1 Å². The number of aryl methyl sites for hydroxylation is 2. The van der Waals surface area contributed by atoms with Crippen LogP contribution in [0.15, 0.2) is 40.1 Å². The van der Waals surface area contributed by atoms with Gasteiger partial charge in [-0.2, -0.15) is 0 Å². The Morgan fingerprint density at radius 1 is 1.18 bits per heavy atom. The van der Waals surface area contributed by atoms with E-state index >= 15 is 0 Å². The summed E-state index contributed by atoms with van der Waals surface area (Å²) < 4.78 is 7.25. The number of furan rings is 1. The fourth-order valence-corrected chi connectivity index (χ4v) is 3.86. The monoisotopic (exact) mass is 398 g/mol. The highest BCUT2D eigenvalue weighted by atomic mass is 32.2. The molecule has 2 heterocycles. The Kier molecular flexibility index (Phi) is 5.93. The molecule has 1 atom stereocenters. The zero-order valence-electron chi connectivity index (χ0n) is 17.1. The third-order valence-corrected chi connectivity index (χ3v) is 5.90. The number of rotatable bonds is 6. The minimum atomic E-state index is -0.319. The molecule has 0 unspecified atom stereocenters. The van der Waals surface area contributed by atoms with Crippen molar-refractivity contribution in [2.75, 3.05) is 5.32 Å². The summed E-state index contributed by atoms with van der Waals surface area (Å²) in [7, 11) is 1.90. The predicted octanol–water partition coefficient (Wildman–Crippen LogP) is 4.93. The standard InChI is InChI=1S/C21H26N4O2S/c1-12(2)16-9-7-8-13(3)18(16)22-20(26)15(5)28-21-24-23-19(25(21)6)17-10-11-27-14(17)4/h7-12,15H,1-6H3,(H,22,26)/t15-/m1/s1. The topological polar surface area (TPSA) is 73.0 Å². The smallest absolute Gasteiger partial charge is 0.237 e. The number of hydrogen-bond donors (Lipinski definition) is 1. The summed E-state index contributed by atoms with van der Waals surface area (Å²) in [4.78, 5) is 12.8. The quantitative estimate of drug-likeness (QED) is 0.596. The molecule has 7 heteroatoms. The van der Waals surface area contributed by atoms with Crippen LogP contribution >= 0.6 is 11.8 Å². The van der Waals surface area contributed by atoms with E-state index in [9.17, 15) is 4.79 Å². The van der Waals surface area contributed by atoms with Crippen molar-refractivity contribution in [3.05, 3.63) is 47.4 Å². The van der Waals surface area contributed by atoms with Crippen LogP contribution in [-0.4, -0.2) is 25.9 Å². The average Bonchev–Trinajstić information content (AvgIpc) is 3.22. The van der Waals surface area contributed by atoms with Gasteiger partial charge in [0.1, 0.15) is 5.76 Å². The summed E-state index contributed by atoms with van der Waals surface area (Å²) >= 11 is 1.39. The first kappa shape index (κ1) is 20.2. The summed E-state index contributed by atoms with van der Waals surface area (Å²) in [6, 6.07) is 7.97. The second-order valence-electron chi connectivity index (χ2n) is 7.20. The van der Waals surface area contributed by atoms with Crippen LogP contribution in [0.1, 0.15) is 43.6 Å². The van der Waals surface area contributed by atoms with Crippen molar-refractivity contribution in [2.24, 2.45) is 7.05 Å². The number of amides is 1. The molecule has 0 bridgehead atoms. The fraction of sp³-hybridized carbons (Fsp3) is 0.381. The van der Waals surface area contributed by atoms with Gasteiger partial charge in [-0.15, -0.1) is 10.2 Å². The lowest BCUT2D eigenvalue weighted by molar-refractivity contribution is -0.115. The number of carbonyl (C=O) groups is 1. The Morgan fingerprint density at radius 3 is 2.57 bits per heavy atom. The summed E-state index contributed by atoms with van der Waals surface area (Å²) in [5.41, 5.74) is 4.01. The van der Waals surface area contributed by atoms with Gasteiger partial charge < -0.3 is 14.3 Å². The lowest BCUT2D eigenvalue weighted by atomic mass is 9.98. The highest BCUT2D eigenvalue weighted by molar-refractivity contribution is 8.00. The second-order valence-corrected chi connectivity index (χ2v) is 8.51. The molecule has 0 aliphatic rings. The van der Waals surface area contributed by atoms with Crippen molar-refractivity contribution in [2.45, 2.75) is 50.9 Å². The van der Waals surface area contributed by atoms with Crippen molar-refractivity contribution < 1.29 is 9.21 Å². The van der Waals surface area contributed by atoms with Gasteiger partial charge in [-0.1, -0.05) is 43.8 Å². The van der Waals surface area contributed by atoms with Crippen LogP contribution in [0, 0.1) is 13.8 Å². The van der Waals surface area contributed by atoms with Gasteiger partial charge in [-0.25, -0.2) is 0 Å². The number of aromatic nitrogens is 3. The molecule has 6 nitrogen and oxygen atoms in total. The van der Waals surface area contributed by atoms with Crippen LogP contribution in [0.5, 0.6) is 0 Å². The molecule has 0 aliphatic carbocycles. The van der Waals surface area contributed by atoms with E-state index in [0.717, 1.165) is 34.0 Å². The number of thioether (sulfide) groups is 1. The molecule has 0 saturated heterocycles. The van der Waals surface area contributed by atoms with Crippen molar-refractivity contribution in [3.8, 4) is 11.4 Å². The molecule has 3 aromatic rings. The van der Waals surface area contributed by atoms with Gasteiger partial charge in [-0.3, -0.25) is 4.79 Å². The lowest BCUT2D eigenvalue weighted by Crippen LogP contribution is -2.24. The zero-order chi connectivity index (χ0) is 20.4. The van der Waals surface area contributed by atoms with Crippen LogP contribution in [0.2, 0.25) is 0 Å². The maximum absolute atomic E-state index is 12.8. The summed E-state index contributed by atoms with van der Waals surface area (Å²) in [5.74, 6) is 1.80. The van der Waals surface area contributed by atoms with Crippen molar-refractivity contribution in [1.29, 1.82) is 0 Å². The van der Waals surface area contributed by atoms with Crippen molar-refractivity contribution >= 4 is 23.4 Å². The molecule has 0 aliphatic heterocycles. The maximum Gasteiger partial charge on any atom is 0.237 e. The molecule has 3 rings (SSSR count). The predicted molar refractivity (Wildman–Crippen MR) is 113 cm³/mol. The molecule has 2 aromatic heterocycles. The van der Waals surface area contributed by atoms with E-state index in [2.05, 4.69) is 35.4 Å². The van der Waals surface area contributed by atoms with E-state index in [1.807, 2.05) is 50.6 Å². The first-order chi connectivity index (χ1) is 13.3. The Balaban J connectivity index is 1.76. The molecular weight excluding hydrogens is 372 g/mol. The van der Waals surface area contributed by atoms with Gasteiger partial charge in [0.15, 0.2) is 11.0 Å². The molecule has 0 fully saturated rings. The molecule has 1 N–H and O–H groups in total. The zero-order valence-corrected chi connectivity index (χ0v) is 17.9. The van der Waals surface area contributed by atoms with Gasteiger partial charge in [-0.05, 0) is 43.9 Å². The molecule has 148 valence electrons. The third-order valence-electron chi connectivity index (χ3n) is 4.76. The number of hydrogen-bond acceptors (Lipinski definition) is 5. The van der Waals surface area contributed by atoms with Gasteiger partial charge in [0.2, 0.25) is 5.91 Å². The summed E-state index contributed by atoms with van der Waals surface area (Å²) in [5, 5.41) is 12.0. The summed E-state index contributed by atoms with van der Waals surface area (Å²) in [6.07, 6.45) is 1.64. The Bertz CT molecular complexity index is 990. The number of para-hydroxylation sites is 1. The number of nitrogens with zero attached hydrogens (tertiary/aromatic N) is 3. The molecule has 0 spiro atoms. The number of anilines is 1. The van der Waals surface area contributed by atoms with E-state index in [1.54, 1.807) is 6.26 Å². The number of carbonyl (C=O) groups excluding carboxylic acids is 1. The maximum atomic E-state index is 12.8. The van der Waals surface area contributed by atoms with Gasteiger partial charge in [0, 0.05) is 12.7 Å². The van der Waals surface area contributed by atoms with Crippen LogP contribution in [-0.2, 0) is 11.8 Å². The van der Waals surface area contributed by atoms with Gasteiger partial charge >= 0.3 is 0 Å². The first-order valence-corrected chi connectivity index (χ1v) is 10.2. The first-order valence-electron chi connectivity index (χ1n) is 9.30. The largest absolute Gasteiger partial charge is 0.469 e. The van der Waals surface area contributed by atoms with E-state index in [4.69, 9.17) is 4.42 Å². The van der Waals surface area contributed by atoms with E-state index < -0.39 is 0 Å². The van der Waals surface area contributed by atoms with E-state index in [-0.39, 0.29) is 11.2 Å². The number of nitrogens with one attached hydrogen (secondary N) is 1. The Hall–Kier alpha value is -2.54. The Labute approximate surface area is 169 Å². The minimum Gasteiger partial charge on any atom is -0.469 e. The average molecular weight is 399 g/mol. The van der Waals surface area contributed by atoms with Crippen LogP contribution in [0.3, 0.4) is 0 Å². The molecule has 28 heavy (non-hydrogen) atoms. The van der Waals surface area contributed by atoms with Gasteiger partial charge in [0.05, 0.1) is 17.1 Å². The second kappa shape index (κ2) is 8.22. The molecule has 1 aromatic carbocycles. The SMILES string of the molecule is Cc1cccc(C(C)C)c1NC(=O)[C@@H](C)Sc1nnc(-c2ccoc2C)n1C. The van der Waals surface area contributed by atoms with E-state index in [1.165, 1.54) is 11.8 Å². The molecule has 1 amide bonds. The normalized spacial score (nSPS) is 12.4. The van der Waals surface area contributed by atoms with Crippen molar-refractivity contribution in [1.82, 2.24) is 14.8 Å². The summed E-state index contributed by atoms with van der Waals surface area (Å²) in [6.45, 7) is 10.0. The van der Waals surface area contributed by atoms with Crippen LogP contribution in [0.25, 0.3) is 11.4 Å². The highest BCUT2D eigenvalue weighted by Gasteiger charge is 2.22. The van der Waals surface area contributed by atoms with Crippen molar-refractivity contribution in [3.63, 3.8) is 0 Å².